The number of nitrogens with zero attached hydrogens (tertiary/aromatic N) is 2. The normalized spacial score (nSPS) is 25.0. The lowest BCUT2D eigenvalue weighted by Crippen LogP contribution is -2.40. The summed E-state index contributed by atoms with van der Waals surface area (Å²) in [5.74, 6) is 0.110. The van der Waals surface area contributed by atoms with Crippen molar-refractivity contribution in [3.63, 3.8) is 0 Å². The molecule has 1 aromatic heterocycles. The number of pyridine rings is 1. The first-order chi connectivity index (χ1) is 10.2. The second-order valence-electron chi connectivity index (χ2n) is 6.49. The molecule has 0 radical (unpaired) electrons. The first-order valence-corrected chi connectivity index (χ1v) is 8.10. The molecule has 0 bridgehead atoms. The van der Waals surface area contributed by atoms with Crippen LogP contribution in [0.25, 0.3) is 0 Å². The first kappa shape index (κ1) is 14.5. The summed E-state index contributed by atoms with van der Waals surface area (Å²) >= 11 is 0. The monoisotopic (exact) mass is 288 g/mol. The number of carbonyl (C=O) groups excluding carboxylic acids is 1. The Morgan fingerprint density at radius 3 is 2.67 bits per heavy atom. The highest BCUT2D eigenvalue weighted by atomic mass is 16.3. The van der Waals surface area contributed by atoms with Gasteiger partial charge in [-0.2, -0.15) is 0 Å². The number of rotatable bonds is 3. The Labute approximate surface area is 126 Å². The van der Waals surface area contributed by atoms with E-state index in [1.165, 1.54) is 6.42 Å². The SMILES string of the molecule is O=C(CC1(O)CCCCC1)N1CCCC1c1ccncc1. The molecule has 1 aliphatic heterocycles. The zero-order valence-electron chi connectivity index (χ0n) is 12.5. The van der Waals surface area contributed by atoms with Crippen molar-refractivity contribution < 1.29 is 9.90 Å². The lowest BCUT2D eigenvalue weighted by atomic mass is 9.82. The molecule has 0 aromatic carbocycles. The van der Waals surface area contributed by atoms with E-state index in [-0.39, 0.29) is 18.4 Å². The third-order valence-electron chi connectivity index (χ3n) is 4.93. The molecule has 1 unspecified atom stereocenters. The molecule has 1 N–H and O–H groups in total. The van der Waals surface area contributed by atoms with Crippen LogP contribution < -0.4 is 0 Å². The largest absolute Gasteiger partial charge is 0.389 e. The van der Waals surface area contributed by atoms with Gasteiger partial charge in [0.05, 0.1) is 18.1 Å². The van der Waals surface area contributed by atoms with Crippen LogP contribution in [0.4, 0.5) is 0 Å². The summed E-state index contributed by atoms with van der Waals surface area (Å²) in [6.07, 6.45) is 10.7. The molecule has 1 amide bonds. The Bertz CT molecular complexity index is 483. The summed E-state index contributed by atoms with van der Waals surface area (Å²) in [5, 5.41) is 10.6. The van der Waals surface area contributed by atoms with Gasteiger partial charge in [-0.15, -0.1) is 0 Å². The minimum atomic E-state index is -0.763. The molecule has 2 heterocycles. The van der Waals surface area contributed by atoms with Crippen LogP contribution in [0.5, 0.6) is 0 Å². The number of likely N-dealkylation sites (tertiary alicyclic amines) is 1. The standard InChI is InChI=1S/C17H24N2O2/c20-16(13-17(21)8-2-1-3-9-17)19-12-4-5-15(19)14-6-10-18-11-7-14/h6-7,10-11,15,21H,1-5,8-9,12-13H2. The molecular weight excluding hydrogens is 264 g/mol. The Hall–Kier alpha value is -1.42. The average Bonchev–Trinajstić information content (AvgIpc) is 2.98. The summed E-state index contributed by atoms with van der Waals surface area (Å²) in [6.45, 7) is 0.807. The molecule has 114 valence electrons. The molecule has 0 spiro atoms. The molecular formula is C17H24N2O2. The van der Waals surface area contributed by atoms with E-state index >= 15 is 0 Å². The van der Waals surface area contributed by atoms with Crippen LogP contribution in [0, 0.1) is 0 Å². The van der Waals surface area contributed by atoms with Crippen molar-refractivity contribution in [3.05, 3.63) is 30.1 Å². The van der Waals surface area contributed by atoms with Gasteiger partial charge in [0.1, 0.15) is 0 Å². The Morgan fingerprint density at radius 1 is 1.24 bits per heavy atom. The lowest BCUT2D eigenvalue weighted by Gasteiger charge is -2.34. The van der Waals surface area contributed by atoms with E-state index in [4.69, 9.17) is 0 Å². The van der Waals surface area contributed by atoms with E-state index in [0.29, 0.717) is 0 Å². The minimum absolute atomic E-state index is 0.110. The Balaban J connectivity index is 1.68. The van der Waals surface area contributed by atoms with Gasteiger partial charge in [0, 0.05) is 18.9 Å². The van der Waals surface area contributed by atoms with E-state index < -0.39 is 5.60 Å². The van der Waals surface area contributed by atoms with Crippen molar-refractivity contribution in [2.24, 2.45) is 0 Å². The number of hydrogen-bond acceptors (Lipinski definition) is 3. The highest BCUT2D eigenvalue weighted by Crippen LogP contribution is 2.36. The van der Waals surface area contributed by atoms with Crippen LogP contribution in [0.3, 0.4) is 0 Å². The lowest BCUT2D eigenvalue weighted by molar-refractivity contribution is -0.138. The molecule has 1 aromatic rings. The summed E-state index contributed by atoms with van der Waals surface area (Å²) in [7, 11) is 0. The fourth-order valence-corrected chi connectivity index (χ4v) is 3.77. The Morgan fingerprint density at radius 2 is 1.95 bits per heavy atom. The van der Waals surface area contributed by atoms with E-state index in [9.17, 15) is 9.90 Å². The van der Waals surface area contributed by atoms with E-state index in [2.05, 4.69) is 4.98 Å². The van der Waals surface area contributed by atoms with Crippen molar-refractivity contribution in [1.29, 1.82) is 0 Å². The van der Waals surface area contributed by atoms with Crippen molar-refractivity contribution >= 4 is 5.91 Å². The third kappa shape index (κ3) is 3.26. The van der Waals surface area contributed by atoms with E-state index in [0.717, 1.165) is 50.6 Å². The maximum Gasteiger partial charge on any atom is 0.225 e. The molecule has 2 fully saturated rings. The van der Waals surface area contributed by atoms with Crippen molar-refractivity contribution in [1.82, 2.24) is 9.88 Å². The van der Waals surface area contributed by atoms with Gasteiger partial charge >= 0.3 is 0 Å². The number of aliphatic hydroxyl groups is 1. The van der Waals surface area contributed by atoms with Gasteiger partial charge in [0.15, 0.2) is 0 Å². The van der Waals surface area contributed by atoms with Gasteiger partial charge in [-0.3, -0.25) is 9.78 Å². The maximum atomic E-state index is 12.7. The minimum Gasteiger partial charge on any atom is -0.389 e. The molecule has 1 atom stereocenters. The first-order valence-electron chi connectivity index (χ1n) is 8.10. The summed E-state index contributed by atoms with van der Waals surface area (Å²) in [4.78, 5) is 18.7. The van der Waals surface area contributed by atoms with E-state index in [1.807, 2.05) is 17.0 Å². The Kier molecular flexibility index (Phi) is 4.24. The predicted octanol–water partition coefficient (Wildman–Crippen LogP) is 2.83. The predicted molar refractivity (Wildman–Crippen MR) is 80.6 cm³/mol. The van der Waals surface area contributed by atoms with Crippen LogP contribution in [-0.4, -0.2) is 33.0 Å². The second kappa shape index (κ2) is 6.14. The molecule has 2 aliphatic rings. The zero-order valence-corrected chi connectivity index (χ0v) is 12.5. The summed E-state index contributed by atoms with van der Waals surface area (Å²) in [5.41, 5.74) is 0.396. The molecule has 1 saturated heterocycles. The number of aromatic nitrogens is 1. The summed E-state index contributed by atoms with van der Waals surface area (Å²) < 4.78 is 0. The molecule has 1 aliphatic carbocycles. The van der Waals surface area contributed by atoms with Gasteiger partial charge in [-0.25, -0.2) is 0 Å². The van der Waals surface area contributed by atoms with Crippen LogP contribution in [0.2, 0.25) is 0 Å². The highest BCUT2D eigenvalue weighted by Gasteiger charge is 2.36. The number of carbonyl (C=O) groups is 1. The van der Waals surface area contributed by atoms with Crippen molar-refractivity contribution in [2.45, 2.75) is 63.0 Å². The third-order valence-corrected chi connectivity index (χ3v) is 4.93. The molecule has 1 saturated carbocycles. The van der Waals surface area contributed by atoms with Gasteiger partial charge in [-0.1, -0.05) is 19.3 Å². The van der Waals surface area contributed by atoms with Gasteiger partial charge < -0.3 is 10.0 Å². The van der Waals surface area contributed by atoms with Gasteiger partial charge in [-0.05, 0) is 43.4 Å². The van der Waals surface area contributed by atoms with Crippen LogP contribution in [0.15, 0.2) is 24.5 Å². The molecule has 3 rings (SSSR count). The zero-order chi connectivity index (χ0) is 14.7. The quantitative estimate of drug-likeness (QED) is 0.930. The topological polar surface area (TPSA) is 53.4 Å². The van der Waals surface area contributed by atoms with Gasteiger partial charge in [0.25, 0.3) is 0 Å². The van der Waals surface area contributed by atoms with Gasteiger partial charge in [0.2, 0.25) is 5.91 Å². The number of hydrogen-bond donors (Lipinski definition) is 1. The van der Waals surface area contributed by atoms with Crippen LogP contribution in [0.1, 0.15) is 63.0 Å². The van der Waals surface area contributed by atoms with Crippen molar-refractivity contribution in [3.8, 4) is 0 Å². The number of amides is 1. The van der Waals surface area contributed by atoms with Crippen LogP contribution in [-0.2, 0) is 4.79 Å². The highest BCUT2D eigenvalue weighted by molar-refractivity contribution is 5.78. The molecule has 21 heavy (non-hydrogen) atoms. The fraction of sp³-hybridized carbons (Fsp3) is 0.647. The molecule has 4 heteroatoms. The van der Waals surface area contributed by atoms with Crippen LogP contribution >= 0.6 is 0 Å². The second-order valence-corrected chi connectivity index (χ2v) is 6.49. The molecule has 4 nitrogen and oxygen atoms in total. The maximum absolute atomic E-state index is 12.7. The smallest absolute Gasteiger partial charge is 0.225 e. The van der Waals surface area contributed by atoms with Crippen molar-refractivity contribution in [2.75, 3.05) is 6.54 Å². The van der Waals surface area contributed by atoms with E-state index in [1.54, 1.807) is 12.4 Å². The summed E-state index contributed by atoms with van der Waals surface area (Å²) in [6, 6.07) is 4.14. The average molecular weight is 288 g/mol. The fourth-order valence-electron chi connectivity index (χ4n) is 3.77.